The molecule has 0 aliphatic rings. The summed E-state index contributed by atoms with van der Waals surface area (Å²) in [5, 5.41) is 11.1. The molecule has 0 bridgehead atoms. The van der Waals surface area contributed by atoms with E-state index in [9.17, 15) is 9.59 Å². The SMILES string of the molecule is COc1ccc(Br)cc1CN(C)C(=O)c1ccc(NC(=O)CC#N)cc1. The number of nitrogens with zero attached hydrogens (tertiary/aromatic N) is 2. The summed E-state index contributed by atoms with van der Waals surface area (Å²) in [5.74, 6) is 0.177. The quantitative estimate of drug-likeness (QED) is 0.781. The molecule has 0 atom stereocenters. The Balaban J connectivity index is 2.07. The van der Waals surface area contributed by atoms with Crippen LogP contribution in [0.5, 0.6) is 5.75 Å². The molecular formula is C19H18BrN3O3. The molecule has 0 saturated heterocycles. The van der Waals surface area contributed by atoms with Gasteiger partial charge in [0.15, 0.2) is 0 Å². The van der Waals surface area contributed by atoms with E-state index in [4.69, 9.17) is 10.00 Å². The average molecular weight is 416 g/mol. The van der Waals surface area contributed by atoms with Crippen LogP contribution in [0.3, 0.4) is 0 Å². The van der Waals surface area contributed by atoms with E-state index in [0.717, 1.165) is 10.0 Å². The molecule has 7 heteroatoms. The Morgan fingerprint density at radius 2 is 1.92 bits per heavy atom. The van der Waals surface area contributed by atoms with Crippen LogP contribution < -0.4 is 10.1 Å². The third kappa shape index (κ3) is 5.07. The Labute approximate surface area is 160 Å². The zero-order valence-corrected chi connectivity index (χ0v) is 16.0. The lowest BCUT2D eigenvalue weighted by Crippen LogP contribution is -2.26. The Bertz CT molecular complexity index is 844. The summed E-state index contributed by atoms with van der Waals surface area (Å²) in [6, 6.07) is 14.0. The zero-order chi connectivity index (χ0) is 19.1. The number of nitrogens with one attached hydrogen (secondary N) is 1. The van der Waals surface area contributed by atoms with Crippen LogP contribution in [-0.2, 0) is 11.3 Å². The number of hydrogen-bond donors (Lipinski definition) is 1. The number of nitriles is 1. The van der Waals surface area contributed by atoms with Gasteiger partial charge in [0.05, 0.1) is 13.2 Å². The maximum Gasteiger partial charge on any atom is 0.253 e. The van der Waals surface area contributed by atoms with Crippen LogP contribution in [0.25, 0.3) is 0 Å². The maximum atomic E-state index is 12.6. The summed E-state index contributed by atoms with van der Waals surface area (Å²) in [7, 11) is 3.30. The van der Waals surface area contributed by atoms with Gasteiger partial charge in [0.1, 0.15) is 12.2 Å². The Kier molecular flexibility index (Phi) is 6.75. The Morgan fingerprint density at radius 3 is 2.54 bits per heavy atom. The normalized spacial score (nSPS) is 9.92. The molecule has 26 heavy (non-hydrogen) atoms. The van der Waals surface area contributed by atoms with E-state index in [1.807, 2.05) is 18.2 Å². The van der Waals surface area contributed by atoms with E-state index in [1.165, 1.54) is 0 Å². The monoisotopic (exact) mass is 415 g/mol. The molecule has 0 spiro atoms. The third-order valence-electron chi connectivity index (χ3n) is 3.65. The molecule has 2 amide bonds. The number of ether oxygens (including phenoxy) is 1. The highest BCUT2D eigenvalue weighted by atomic mass is 79.9. The highest BCUT2D eigenvalue weighted by molar-refractivity contribution is 9.10. The van der Waals surface area contributed by atoms with Crippen LogP contribution in [0.15, 0.2) is 46.9 Å². The fraction of sp³-hybridized carbons (Fsp3) is 0.211. The minimum Gasteiger partial charge on any atom is -0.496 e. The molecule has 0 heterocycles. The predicted octanol–water partition coefficient (Wildman–Crippen LogP) is 3.58. The molecule has 134 valence electrons. The first-order valence-corrected chi connectivity index (χ1v) is 8.58. The number of methoxy groups -OCH3 is 1. The molecule has 2 aromatic carbocycles. The van der Waals surface area contributed by atoms with Crippen LogP contribution in [0.1, 0.15) is 22.3 Å². The van der Waals surface area contributed by atoms with Gasteiger partial charge in [-0.15, -0.1) is 0 Å². The maximum absolute atomic E-state index is 12.6. The highest BCUT2D eigenvalue weighted by Gasteiger charge is 2.15. The lowest BCUT2D eigenvalue weighted by atomic mass is 10.1. The third-order valence-corrected chi connectivity index (χ3v) is 4.15. The lowest BCUT2D eigenvalue weighted by molar-refractivity contribution is -0.115. The second-order valence-corrected chi connectivity index (χ2v) is 6.49. The van der Waals surface area contributed by atoms with E-state index in [1.54, 1.807) is 49.4 Å². The van der Waals surface area contributed by atoms with Crippen molar-refractivity contribution in [3.8, 4) is 11.8 Å². The zero-order valence-electron chi connectivity index (χ0n) is 14.5. The van der Waals surface area contributed by atoms with Crippen molar-refractivity contribution in [3.63, 3.8) is 0 Å². The molecule has 0 aliphatic heterocycles. The molecule has 0 aliphatic carbocycles. The molecule has 0 saturated carbocycles. The van der Waals surface area contributed by atoms with E-state index in [2.05, 4.69) is 21.2 Å². The van der Waals surface area contributed by atoms with Crippen LogP contribution in [0.4, 0.5) is 5.69 Å². The van der Waals surface area contributed by atoms with E-state index in [0.29, 0.717) is 23.5 Å². The summed E-state index contributed by atoms with van der Waals surface area (Å²) in [4.78, 5) is 25.6. The van der Waals surface area contributed by atoms with Crippen molar-refractivity contribution in [2.45, 2.75) is 13.0 Å². The second-order valence-electron chi connectivity index (χ2n) is 5.58. The number of carbonyl (C=O) groups is 2. The van der Waals surface area contributed by atoms with Crippen LogP contribution in [-0.4, -0.2) is 30.9 Å². The minimum absolute atomic E-state index is 0.151. The first-order chi connectivity index (χ1) is 12.4. The molecule has 2 rings (SSSR count). The molecular weight excluding hydrogens is 398 g/mol. The number of halogens is 1. The first-order valence-electron chi connectivity index (χ1n) is 7.79. The van der Waals surface area contributed by atoms with Crippen molar-refractivity contribution in [3.05, 3.63) is 58.1 Å². The number of benzene rings is 2. The summed E-state index contributed by atoms with van der Waals surface area (Å²) in [6.07, 6.45) is -0.210. The Morgan fingerprint density at radius 1 is 1.23 bits per heavy atom. The van der Waals surface area contributed by atoms with Crippen molar-refractivity contribution in [2.24, 2.45) is 0 Å². The van der Waals surface area contributed by atoms with Crippen molar-refractivity contribution in [2.75, 3.05) is 19.5 Å². The molecule has 0 radical (unpaired) electrons. The number of anilines is 1. The van der Waals surface area contributed by atoms with E-state index >= 15 is 0 Å². The van der Waals surface area contributed by atoms with E-state index in [-0.39, 0.29) is 18.2 Å². The van der Waals surface area contributed by atoms with Crippen LogP contribution in [0, 0.1) is 11.3 Å². The van der Waals surface area contributed by atoms with Gasteiger partial charge in [-0.25, -0.2) is 0 Å². The number of amides is 2. The molecule has 2 aromatic rings. The van der Waals surface area contributed by atoms with Crippen LogP contribution >= 0.6 is 15.9 Å². The highest BCUT2D eigenvalue weighted by Crippen LogP contribution is 2.24. The minimum atomic E-state index is -0.384. The fourth-order valence-corrected chi connectivity index (χ4v) is 2.80. The molecule has 0 aromatic heterocycles. The van der Waals surface area contributed by atoms with Crippen LogP contribution in [0.2, 0.25) is 0 Å². The standard InChI is InChI=1S/C19H18BrN3O3/c1-23(12-14-11-15(20)5-8-17(14)26-2)19(25)13-3-6-16(7-4-13)22-18(24)9-10-21/h3-8,11H,9,12H2,1-2H3,(H,22,24). The smallest absolute Gasteiger partial charge is 0.253 e. The van der Waals surface area contributed by atoms with Crippen molar-refractivity contribution < 1.29 is 14.3 Å². The lowest BCUT2D eigenvalue weighted by Gasteiger charge is -2.19. The second kappa shape index (κ2) is 9.02. The Hall–Kier alpha value is -2.85. The molecule has 6 nitrogen and oxygen atoms in total. The molecule has 0 unspecified atom stereocenters. The van der Waals surface area contributed by atoms with Gasteiger partial charge in [-0.05, 0) is 42.5 Å². The first kappa shape index (κ1) is 19.5. The predicted molar refractivity (Wildman–Crippen MR) is 102 cm³/mol. The number of carbonyl (C=O) groups excluding carboxylic acids is 2. The van der Waals surface area contributed by atoms with Gasteiger partial charge < -0.3 is 15.0 Å². The van der Waals surface area contributed by atoms with Gasteiger partial charge in [0, 0.05) is 34.9 Å². The van der Waals surface area contributed by atoms with Gasteiger partial charge in [0.25, 0.3) is 5.91 Å². The summed E-state index contributed by atoms with van der Waals surface area (Å²) >= 11 is 3.42. The summed E-state index contributed by atoms with van der Waals surface area (Å²) in [6.45, 7) is 0.391. The van der Waals surface area contributed by atoms with Gasteiger partial charge in [-0.1, -0.05) is 15.9 Å². The average Bonchev–Trinajstić information content (AvgIpc) is 2.62. The van der Waals surface area contributed by atoms with Gasteiger partial charge in [-0.3, -0.25) is 9.59 Å². The summed E-state index contributed by atoms with van der Waals surface area (Å²) in [5.41, 5.74) is 1.93. The van der Waals surface area contributed by atoms with Gasteiger partial charge >= 0.3 is 0 Å². The molecule has 0 fully saturated rings. The van der Waals surface area contributed by atoms with Gasteiger partial charge in [-0.2, -0.15) is 5.26 Å². The van der Waals surface area contributed by atoms with E-state index < -0.39 is 0 Å². The number of rotatable bonds is 6. The topological polar surface area (TPSA) is 82.4 Å². The largest absolute Gasteiger partial charge is 0.496 e. The van der Waals surface area contributed by atoms with Crippen molar-refractivity contribution in [1.82, 2.24) is 4.90 Å². The van der Waals surface area contributed by atoms with Crippen molar-refractivity contribution in [1.29, 1.82) is 5.26 Å². The fourth-order valence-electron chi connectivity index (χ4n) is 2.39. The summed E-state index contributed by atoms with van der Waals surface area (Å²) < 4.78 is 6.25. The number of hydrogen-bond acceptors (Lipinski definition) is 4. The van der Waals surface area contributed by atoms with Gasteiger partial charge in [0.2, 0.25) is 5.91 Å². The molecule has 1 N–H and O–H groups in total. The van der Waals surface area contributed by atoms with Crippen molar-refractivity contribution >= 4 is 33.4 Å².